The molecule has 3 nitrogen and oxygen atoms in total. The van der Waals surface area contributed by atoms with Crippen molar-refractivity contribution in [3.63, 3.8) is 0 Å². The average molecular weight is 222 g/mol. The van der Waals surface area contributed by atoms with Crippen LogP contribution in [-0.2, 0) is 4.79 Å². The van der Waals surface area contributed by atoms with Crippen molar-refractivity contribution in [3.8, 4) is 0 Å². The van der Waals surface area contributed by atoms with Gasteiger partial charge in [0, 0.05) is 18.5 Å². The third kappa shape index (κ3) is 1.75. The Morgan fingerprint density at radius 3 is 2.69 bits per heavy atom. The molecular formula is C13H22N2O. The van der Waals surface area contributed by atoms with Crippen LogP contribution in [0.1, 0.15) is 32.6 Å². The first-order chi connectivity index (χ1) is 7.77. The lowest BCUT2D eigenvalue weighted by atomic mass is 9.94. The molecular weight excluding hydrogens is 200 g/mol. The average Bonchev–Trinajstić information content (AvgIpc) is 2.76. The summed E-state index contributed by atoms with van der Waals surface area (Å²) >= 11 is 0. The van der Waals surface area contributed by atoms with Crippen LogP contribution in [0.2, 0.25) is 0 Å². The summed E-state index contributed by atoms with van der Waals surface area (Å²) < 4.78 is 0. The molecule has 2 N–H and O–H groups in total. The molecule has 3 heteroatoms. The van der Waals surface area contributed by atoms with E-state index in [0.717, 1.165) is 24.9 Å². The highest BCUT2D eigenvalue weighted by molar-refractivity contribution is 5.82. The summed E-state index contributed by atoms with van der Waals surface area (Å²) in [5.74, 6) is 2.83. The van der Waals surface area contributed by atoms with Crippen molar-refractivity contribution in [1.82, 2.24) is 10.6 Å². The zero-order valence-corrected chi connectivity index (χ0v) is 10.0. The summed E-state index contributed by atoms with van der Waals surface area (Å²) in [5, 5.41) is 6.62. The van der Waals surface area contributed by atoms with Gasteiger partial charge in [0.05, 0.1) is 0 Å². The van der Waals surface area contributed by atoms with Gasteiger partial charge >= 0.3 is 0 Å². The number of fused-ring (bicyclic) bond motifs is 1. The van der Waals surface area contributed by atoms with Crippen molar-refractivity contribution < 1.29 is 4.79 Å². The molecule has 0 radical (unpaired) electrons. The van der Waals surface area contributed by atoms with Gasteiger partial charge in [0.2, 0.25) is 5.91 Å². The summed E-state index contributed by atoms with van der Waals surface area (Å²) in [6, 6.07) is 0.363. The molecule has 2 aliphatic carbocycles. The number of hydrogen-bond acceptors (Lipinski definition) is 2. The molecule has 3 rings (SSSR count). The number of piperidine rings is 1. The van der Waals surface area contributed by atoms with Gasteiger partial charge in [-0.05, 0) is 43.6 Å². The molecule has 90 valence electrons. The van der Waals surface area contributed by atoms with Crippen LogP contribution < -0.4 is 10.6 Å². The van der Waals surface area contributed by atoms with Gasteiger partial charge in [-0.1, -0.05) is 13.3 Å². The van der Waals surface area contributed by atoms with Crippen LogP contribution in [0.3, 0.4) is 0 Å². The Morgan fingerprint density at radius 2 is 2.00 bits per heavy atom. The van der Waals surface area contributed by atoms with E-state index in [-0.39, 0.29) is 0 Å². The van der Waals surface area contributed by atoms with Crippen molar-refractivity contribution in [2.45, 2.75) is 38.6 Å². The van der Waals surface area contributed by atoms with E-state index < -0.39 is 0 Å². The molecule has 0 aromatic carbocycles. The molecule has 0 bridgehead atoms. The molecule has 0 spiro atoms. The van der Waals surface area contributed by atoms with Crippen molar-refractivity contribution in [2.75, 3.05) is 13.1 Å². The van der Waals surface area contributed by atoms with Gasteiger partial charge in [0.15, 0.2) is 0 Å². The predicted molar refractivity (Wildman–Crippen MR) is 62.9 cm³/mol. The van der Waals surface area contributed by atoms with E-state index in [0.29, 0.717) is 23.8 Å². The molecule has 3 aliphatic rings. The standard InChI is InChI=1S/C13H22N2O/c1-8-5-6-14-7-11(8)15-13(16)12-9-3-2-4-10(9)12/h8-12,14H,2-7H2,1H3,(H,15,16). The molecule has 4 unspecified atom stereocenters. The van der Waals surface area contributed by atoms with Gasteiger partial charge in [-0.3, -0.25) is 4.79 Å². The largest absolute Gasteiger partial charge is 0.352 e. The highest BCUT2D eigenvalue weighted by atomic mass is 16.2. The Labute approximate surface area is 97.4 Å². The van der Waals surface area contributed by atoms with Crippen LogP contribution in [0.15, 0.2) is 0 Å². The maximum absolute atomic E-state index is 12.1. The quantitative estimate of drug-likeness (QED) is 0.736. The summed E-state index contributed by atoms with van der Waals surface area (Å²) in [5.41, 5.74) is 0. The first kappa shape index (κ1) is 10.6. The van der Waals surface area contributed by atoms with Crippen LogP contribution in [0.25, 0.3) is 0 Å². The van der Waals surface area contributed by atoms with Crippen LogP contribution in [0.5, 0.6) is 0 Å². The number of amides is 1. The minimum atomic E-state index is 0.343. The fourth-order valence-corrected chi connectivity index (χ4v) is 3.67. The Kier molecular flexibility index (Phi) is 2.66. The second kappa shape index (κ2) is 4.02. The van der Waals surface area contributed by atoms with Gasteiger partial charge in [-0.15, -0.1) is 0 Å². The summed E-state index contributed by atoms with van der Waals surface area (Å²) in [6.45, 7) is 4.30. The van der Waals surface area contributed by atoms with E-state index in [1.807, 2.05) is 0 Å². The van der Waals surface area contributed by atoms with Gasteiger partial charge in [-0.2, -0.15) is 0 Å². The van der Waals surface area contributed by atoms with E-state index in [1.54, 1.807) is 0 Å². The Morgan fingerprint density at radius 1 is 1.25 bits per heavy atom. The van der Waals surface area contributed by atoms with Crippen molar-refractivity contribution in [1.29, 1.82) is 0 Å². The first-order valence-corrected chi connectivity index (χ1v) is 6.78. The Hall–Kier alpha value is -0.570. The van der Waals surface area contributed by atoms with Crippen LogP contribution in [-0.4, -0.2) is 25.0 Å². The molecule has 4 atom stereocenters. The van der Waals surface area contributed by atoms with Gasteiger partial charge < -0.3 is 10.6 Å². The van der Waals surface area contributed by atoms with Gasteiger partial charge in [0.1, 0.15) is 0 Å². The smallest absolute Gasteiger partial charge is 0.223 e. The lowest BCUT2D eigenvalue weighted by Gasteiger charge is -2.30. The van der Waals surface area contributed by atoms with Gasteiger partial charge in [0.25, 0.3) is 0 Å². The molecule has 1 aliphatic heterocycles. The fraction of sp³-hybridized carbons (Fsp3) is 0.923. The molecule has 0 aromatic heterocycles. The maximum atomic E-state index is 12.1. The van der Waals surface area contributed by atoms with Crippen LogP contribution in [0, 0.1) is 23.7 Å². The van der Waals surface area contributed by atoms with E-state index in [9.17, 15) is 4.79 Å². The fourth-order valence-electron chi connectivity index (χ4n) is 3.67. The first-order valence-electron chi connectivity index (χ1n) is 6.78. The number of carbonyl (C=O) groups is 1. The zero-order valence-electron chi connectivity index (χ0n) is 10.0. The minimum Gasteiger partial charge on any atom is -0.352 e. The van der Waals surface area contributed by atoms with Crippen LogP contribution >= 0.6 is 0 Å². The third-order valence-corrected chi connectivity index (χ3v) is 4.86. The normalized spacial score (nSPS) is 46.2. The highest BCUT2D eigenvalue weighted by Crippen LogP contribution is 2.57. The molecule has 1 saturated heterocycles. The second-order valence-corrected chi connectivity index (χ2v) is 5.87. The van der Waals surface area contributed by atoms with Crippen molar-refractivity contribution in [3.05, 3.63) is 0 Å². The summed E-state index contributed by atoms with van der Waals surface area (Å²) in [7, 11) is 0. The van der Waals surface area contributed by atoms with E-state index in [1.165, 1.54) is 25.7 Å². The van der Waals surface area contributed by atoms with E-state index in [4.69, 9.17) is 0 Å². The lowest BCUT2D eigenvalue weighted by molar-refractivity contribution is -0.124. The molecule has 0 aromatic rings. The maximum Gasteiger partial charge on any atom is 0.223 e. The highest BCUT2D eigenvalue weighted by Gasteiger charge is 2.56. The SMILES string of the molecule is CC1CCNCC1NC(=O)C1C2CCCC21. The molecule has 1 heterocycles. The zero-order chi connectivity index (χ0) is 11.1. The minimum absolute atomic E-state index is 0.343. The lowest BCUT2D eigenvalue weighted by Crippen LogP contribution is -2.50. The Bertz CT molecular complexity index is 282. The number of carbonyl (C=O) groups excluding carboxylic acids is 1. The van der Waals surface area contributed by atoms with E-state index >= 15 is 0 Å². The third-order valence-electron chi connectivity index (χ3n) is 4.86. The van der Waals surface area contributed by atoms with Crippen molar-refractivity contribution in [2.24, 2.45) is 23.7 Å². The molecule has 1 amide bonds. The van der Waals surface area contributed by atoms with Gasteiger partial charge in [-0.25, -0.2) is 0 Å². The number of rotatable bonds is 2. The van der Waals surface area contributed by atoms with Crippen molar-refractivity contribution >= 4 is 5.91 Å². The Balaban J connectivity index is 1.52. The number of hydrogen-bond donors (Lipinski definition) is 2. The topological polar surface area (TPSA) is 41.1 Å². The molecule has 2 saturated carbocycles. The monoisotopic (exact) mass is 222 g/mol. The van der Waals surface area contributed by atoms with Crippen LogP contribution in [0.4, 0.5) is 0 Å². The summed E-state index contributed by atoms with van der Waals surface area (Å²) in [6.07, 6.45) is 5.12. The number of nitrogens with one attached hydrogen (secondary N) is 2. The van der Waals surface area contributed by atoms with E-state index in [2.05, 4.69) is 17.6 Å². The second-order valence-electron chi connectivity index (χ2n) is 5.87. The molecule has 16 heavy (non-hydrogen) atoms. The predicted octanol–water partition coefficient (Wildman–Crippen LogP) is 1.15. The summed E-state index contributed by atoms with van der Waals surface area (Å²) in [4.78, 5) is 12.1. The molecule has 3 fully saturated rings.